The maximum Gasteiger partial charge on any atom is 0.303 e. The van der Waals surface area contributed by atoms with Gasteiger partial charge in [-0.15, -0.1) is 0 Å². The van der Waals surface area contributed by atoms with Crippen molar-refractivity contribution >= 4 is 5.97 Å². The summed E-state index contributed by atoms with van der Waals surface area (Å²) in [6.07, 6.45) is 6.65. The summed E-state index contributed by atoms with van der Waals surface area (Å²) in [5, 5.41) is 8.94. The summed E-state index contributed by atoms with van der Waals surface area (Å²) in [6.45, 7) is 6.49. The Labute approximate surface area is 93.1 Å². The van der Waals surface area contributed by atoms with Crippen LogP contribution in [0.25, 0.3) is 0 Å². The second kappa shape index (κ2) is 5.00. The van der Waals surface area contributed by atoms with E-state index in [1.165, 1.54) is 32.1 Å². The Bertz CT molecular complexity index is 221. The van der Waals surface area contributed by atoms with Crippen LogP contribution in [0.15, 0.2) is 0 Å². The van der Waals surface area contributed by atoms with E-state index in [-0.39, 0.29) is 5.41 Å². The van der Waals surface area contributed by atoms with E-state index in [1.54, 1.807) is 0 Å². The van der Waals surface area contributed by atoms with Crippen molar-refractivity contribution in [1.82, 2.24) is 0 Å². The predicted octanol–water partition coefficient (Wildman–Crippen LogP) is 3.70. The Morgan fingerprint density at radius 3 is 2.47 bits per heavy atom. The van der Waals surface area contributed by atoms with Crippen LogP contribution in [0.4, 0.5) is 0 Å². The molecule has 0 aromatic heterocycles. The number of hydrogen-bond acceptors (Lipinski definition) is 1. The minimum absolute atomic E-state index is 0.0348. The minimum atomic E-state index is -0.652. The lowest BCUT2D eigenvalue weighted by Crippen LogP contribution is -2.34. The van der Waals surface area contributed by atoms with E-state index in [0.717, 1.165) is 5.92 Å². The molecule has 0 aromatic carbocycles. The van der Waals surface area contributed by atoms with E-state index < -0.39 is 5.97 Å². The van der Waals surface area contributed by atoms with Gasteiger partial charge in [0.2, 0.25) is 0 Å². The predicted molar refractivity (Wildman–Crippen MR) is 61.8 cm³/mol. The summed E-state index contributed by atoms with van der Waals surface area (Å²) in [6, 6.07) is 0. The summed E-state index contributed by atoms with van der Waals surface area (Å²) in [7, 11) is 0. The van der Waals surface area contributed by atoms with Gasteiger partial charge in [0.25, 0.3) is 0 Å². The average molecular weight is 212 g/mol. The normalized spacial score (nSPS) is 27.7. The van der Waals surface area contributed by atoms with Crippen LogP contribution < -0.4 is 0 Å². The van der Waals surface area contributed by atoms with Gasteiger partial charge in [-0.2, -0.15) is 0 Å². The third-order valence-corrected chi connectivity index (χ3v) is 4.04. The number of hydrogen-bond donors (Lipinski definition) is 1. The van der Waals surface area contributed by atoms with Crippen molar-refractivity contribution in [3.63, 3.8) is 0 Å². The van der Waals surface area contributed by atoms with Crippen LogP contribution in [-0.2, 0) is 4.79 Å². The number of carboxylic acid groups (broad SMARTS) is 1. The summed E-state index contributed by atoms with van der Waals surface area (Å²) >= 11 is 0. The first kappa shape index (κ1) is 12.5. The highest BCUT2D eigenvalue weighted by Gasteiger charge is 2.37. The molecule has 0 heterocycles. The number of carbonyl (C=O) groups is 1. The molecule has 15 heavy (non-hydrogen) atoms. The van der Waals surface area contributed by atoms with E-state index in [2.05, 4.69) is 20.8 Å². The third-order valence-electron chi connectivity index (χ3n) is 4.04. The van der Waals surface area contributed by atoms with Gasteiger partial charge >= 0.3 is 5.97 Å². The number of carboxylic acids is 1. The zero-order chi connectivity index (χ0) is 11.5. The average Bonchev–Trinajstić information content (AvgIpc) is 2.16. The van der Waals surface area contributed by atoms with Gasteiger partial charge in [-0.1, -0.05) is 46.5 Å². The first-order valence-corrected chi connectivity index (χ1v) is 6.19. The highest BCUT2D eigenvalue weighted by molar-refractivity contribution is 5.67. The molecule has 0 bridgehead atoms. The van der Waals surface area contributed by atoms with Gasteiger partial charge in [0.1, 0.15) is 0 Å². The van der Waals surface area contributed by atoms with Crippen molar-refractivity contribution < 1.29 is 9.90 Å². The lowest BCUT2D eigenvalue weighted by molar-refractivity contribution is -0.140. The molecule has 1 aliphatic rings. The third kappa shape index (κ3) is 3.22. The molecule has 0 aliphatic heterocycles. The second-order valence-corrected chi connectivity index (χ2v) is 5.62. The summed E-state index contributed by atoms with van der Waals surface area (Å²) < 4.78 is 0. The largest absolute Gasteiger partial charge is 0.481 e. The molecule has 0 amide bonds. The molecule has 2 unspecified atom stereocenters. The summed E-state index contributed by atoms with van der Waals surface area (Å²) in [5.74, 6) is 0.695. The van der Waals surface area contributed by atoms with Gasteiger partial charge in [-0.05, 0) is 23.7 Å². The maximum atomic E-state index is 10.9. The summed E-state index contributed by atoms with van der Waals surface area (Å²) in [4.78, 5) is 10.9. The van der Waals surface area contributed by atoms with E-state index >= 15 is 0 Å². The molecule has 0 saturated heterocycles. The van der Waals surface area contributed by atoms with E-state index in [9.17, 15) is 4.79 Å². The highest BCUT2D eigenvalue weighted by atomic mass is 16.4. The molecule has 0 aromatic rings. The fraction of sp³-hybridized carbons (Fsp3) is 0.923. The Hall–Kier alpha value is -0.530. The smallest absolute Gasteiger partial charge is 0.303 e. The molecule has 1 fully saturated rings. The zero-order valence-corrected chi connectivity index (χ0v) is 10.3. The lowest BCUT2D eigenvalue weighted by Gasteiger charge is -2.41. The molecule has 88 valence electrons. The standard InChI is InChI=1S/C13H24O2/c1-4-10-7-5-6-8-11(10)13(2,3)9-12(14)15/h10-11H,4-9H2,1-3H3,(H,14,15). The van der Waals surface area contributed by atoms with Crippen molar-refractivity contribution in [2.24, 2.45) is 17.3 Å². The van der Waals surface area contributed by atoms with Crippen molar-refractivity contribution in [3.05, 3.63) is 0 Å². The molecule has 1 aliphatic carbocycles. The monoisotopic (exact) mass is 212 g/mol. The van der Waals surface area contributed by atoms with Crippen molar-refractivity contribution in [1.29, 1.82) is 0 Å². The fourth-order valence-electron chi connectivity index (χ4n) is 3.25. The van der Waals surface area contributed by atoms with Gasteiger partial charge in [0.15, 0.2) is 0 Å². The van der Waals surface area contributed by atoms with Crippen molar-refractivity contribution in [2.75, 3.05) is 0 Å². The van der Waals surface area contributed by atoms with E-state index in [4.69, 9.17) is 5.11 Å². The summed E-state index contributed by atoms with van der Waals surface area (Å²) in [5.41, 5.74) is -0.0348. The molecule has 2 atom stereocenters. The number of rotatable bonds is 4. The first-order chi connectivity index (χ1) is 6.97. The van der Waals surface area contributed by atoms with Crippen molar-refractivity contribution in [2.45, 2.75) is 59.3 Å². The van der Waals surface area contributed by atoms with Gasteiger partial charge < -0.3 is 5.11 Å². The highest BCUT2D eigenvalue weighted by Crippen LogP contribution is 2.45. The van der Waals surface area contributed by atoms with Crippen LogP contribution in [-0.4, -0.2) is 11.1 Å². The molecule has 1 saturated carbocycles. The molecule has 1 rings (SSSR count). The van der Waals surface area contributed by atoms with Crippen LogP contribution in [0.3, 0.4) is 0 Å². The van der Waals surface area contributed by atoms with Crippen LogP contribution in [0.2, 0.25) is 0 Å². The van der Waals surface area contributed by atoms with Gasteiger partial charge in [-0.25, -0.2) is 0 Å². The van der Waals surface area contributed by atoms with Crippen LogP contribution in [0.5, 0.6) is 0 Å². The van der Waals surface area contributed by atoms with Gasteiger partial charge in [0, 0.05) is 0 Å². The first-order valence-electron chi connectivity index (χ1n) is 6.19. The van der Waals surface area contributed by atoms with E-state index in [0.29, 0.717) is 12.3 Å². The zero-order valence-electron chi connectivity index (χ0n) is 10.3. The molecule has 2 nitrogen and oxygen atoms in total. The molecular formula is C13H24O2. The second-order valence-electron chi connectivity index (χ2n) is 5.62. The number of aliphatic carboxylic acids is 1. The molecule has 2 heteroatoms. The van der Waals surface area contributed by atoms with Crippen LogP contribution >= 0.6 is 0 Å². The van der Waals surface area contributed by atoms with E-state index in [1.807, 2.05) is 0 Å². The molecular weight excluding hydrogens is 188 g/mol. The fourth-order valence-corrected chi connectivity index (χ4v) is 3.25. The Kier molecular flexibility index (Phi) is 4.18. The quantitative estimate of drug-likeness (QED) is 0.771. The molecule has 0 radical (unpaired) electrons. The van der Waals surface area contributed by atoms with Crippen LogP contribution in [0.1, 0.15) is 59.3 Å². The minimum Gasteiger partial charge on any atom is -0.481 e. The van der Waals surface area contributed by atoms with Crippen molar-refractivity contribution in [3.8, 4) is 0 Å². The topological polar surface area (TPSA) is 37.3 Å². The Balaban J connectivity index is 2.69. The Morgan fingerprint density at radius 1 is 1.33 bits per heavy atom. The van der Waals surface area contributed by atoms with Gasteiger partial charge in [0.05, 0.1) is 6.42 Å². The molecule has 0 spiro atoms. The SMILES string of the molecule is CCC1CCCCC1C(C)(C)CC(=O)O. The van der Waals surface area contributed by atoms with Crippen LogP contribution in [0, 0.1) is 17.3 Å². The molecule has 1 N–H and O–H groups in total. The van der Waals surface area contributed by atoms with Gasteiger partial charge in [-0.3, -0.25) is 4.79 Å². The lowest BCUT2D eigenvalue weighted by atomic mass is 9.63. The maximum absolute atomic E-state index is 10.9. The Morgan fingerprint density at radius 2 is 1.93 bits per heavy atom.